The summed E-state index contributed by atoms with van der Waals surface area (Å²) in [5.74, 6) is -0.707. The van der Waals surface area contributed by atoms with Crippen molar-refractivity contribution in [3.05, 3.63) is 59.2 Å². The normalized spacial score (nSPS) is 10.1. The number of amides is 2. The van der Waals surface area contributed by atoms with Gasteiger partial charge in [0.1, 0.15) is 5.75 Å². The highest BCUT2D eigenvalue weighted by molar-refractivity contribution is 6.00. The fourth-order valence-electron chi connectivity index (χ4n) is 2.03. The highest BCUT2D eigenvalue weighted by atomic mass is 16.3. The Labute approximate surface area is 129 Å². The molecule has 0 aliphatic carbocycles. The molecule has 0 fully saturated rings. The Morgan fingerprint density at radius 2 is 1.82 bits per heavy atom. The molecule has 2 amide bonds. The van der Waals surface area contributed by atoms with Gasteiger partial charge in [0.25, 0.3) is 5.91 Å². The van der Waals surface area contributed by atoms with E-state index in [2.05, 4.69) is 10.6 Å². The molecule has 2 aromatic rings. The first-order valence-corrected chi connectivity index (χ1v) is 6.90. The summed E-state index contributed by atoms with van der Waals surface area (Å²) in [4.78, 5) is 23.8. The summed E-state index contributed by atoms with van der Waals surface area (Å²) in [5, 5.41) is 14.8. The standard InChI is InChI=1S/C17H18N2O3/c1-11-7-8-14(15(20)9-11)19-16(21)10-18-17(22)13-6-4-3-5-12(13)2/h3-9,20H,10H2,1-2H3,(H,18,22)(H,19,21). The molecule has 3 N–H and O–H groups in total. The molecular weight excluding hydrogens is 280 g/mol. The summed E-state index contributed by atoms with van der Waals surface area (Å²) in [6, 6.07) is 12.1. The molecule has 0 aliphatic rings. The molecule has 2 rings (SSSR count). The van der Waals surface area contributed by atoms with Crippen molar-refractivity contribution in [2.75, 3.05) is 11.9 Å². The molecule has 114 valence electrons. The minimum absolute atomic E-state index is 0.00131. The van der Waals surface area contributed by atoms with Crippen LogP contribution in [-0.4, -0.2) is 23.5 Å². The van der Waals surface area contributed by atoms with Gasteiger partial charge in [0.15, 0.2) is 0 Å². The molecule has 0 atom stereocenters. The average molecular weight is 298 g/mol. The van der Waals surface area contributed by atoms with Crippen LogP contribution in [0.1, 0.15) is 21.5 Å². The van der Waals surface area contributed by atoms with Crippen LogP contribution in [0.3, 0.4) is 0 Å². The van der Waals surface area contributed by atoms with Gasteiger partial charge in [0.05, 0.1) is 12.2 Å². The zero-order valence-electron chi connectivity index (χ0n) is 12.5. The van der Waals surface area contributed by atoms with Crippen LogP contribution in [0.5, 0.6) is 5.75 Å². The summed E-state index contributed by atoms with van der Waals surface area (Å²) in [6.45, 7) is 3.51. The number of hydrogen-bond donors (Lipinski definition) is 3. The third-order valence-corrected chi connectivity index (χ3v) is 3.23. The van der Waals surface area contributed by atoms with Gasteiger partial charge in [0.2, 0.25) is 5.91 Å². The lowest BCUT2D eigenvalue weighted by molar-refractivity contribution is -0.115. The van der Waals surface area contributed by atoms with Crippen LogP contribution < -0.4 is 10.6 Å². The molecule has 0 saturated heterocycles. The number of anilines is 1. The first kappa shape index (κ1) is 15.6. The third-order valence-electron chi connectivity index (χ3n) is 3.23. The van der Waals surface area contributed by atoms with Gasteiger partial charge in [-0.15, -0.1) is 0 Å². The van der Waals surface area contributed by atoms with Gasteiger partial charge >= 0.3 is 0 Å². The maximum atomic E-state index is 12.0. The highest BCUT2D eigenvalue weighted by Crippen LogP contribution is 2.23. The second-order valence-electron chi connectivity index (χ2n) is 5.07. The number of hydrogen-bond acceptors (Lipinski definition) is 3. The average Bonchev–Trinajstić information content (AvgIpc) is 2.48. The van der Waals surface area contributed by atoms with Gasteiger partial charge in [-0.2, -0.15) is 0 Å². The molecule has 22 heavy (non-hydrogen) atoms. The molecule has 0 unspecified atom stereocenters. The Balaban J connectivity index is 1.93. The molecule has 5 heteroatoms. The zero-order chi connectivity index (χ0) is 16.1. The second kappa shape index (κ2) is 6.76. The number of aryl methyl sites for hydroxylation is 2. The monoisotopic (exact) mass is 298 g/mol. The quantitative estimate of drug-likeness (QED) is 0.758. The van der Waals surface area contributed by atoms with Crippen molar-refractivity contribution in [1.29, 1.82) is 0 Å². The lowest BCUT2D eigenvalue weighted by Crippen LogP contribution is -2.33. The van der Waals surface area contributed by atoms with Gasteiger partial charge in [-0.1, -0.05) is 24.3 Å². The molecule has 0 aliphatic heterocycles. The van der Waals surface area contributed by atoms with E-state index in [1.54, 1.807) is 30.3 Å². The van der Waals surface area contributed by atoms with Gasteiger partial charge in [-0.3, -0.25) is 9.59 Å². The highest BCUT2D eigenvalue weighted by Gasteiger charge is 2.11. The van der Waals surface area contributed by atoms with Crippen molar-refractivity contribution in [2.24, 2.45) is 0 Å². The van der Waals surface area contributed by atoms with E-state index < -0.39 is 5.91 Å². The van der Waals surface area contributed by atoms with Gasteiger partial charge < -0.3 is 15.7 Å². The Hall–Kier alpha value is -2.82. The lowest BCUT2D eigenvalue weighted by atomic mass is 10.1. The molecule has 0 bridgehead atoms. The first-order chi connectivity index (χ1) is 10.5. The number of carbonyl (C=O) groups is 2. The van der Waals surface area contributed by atoms with Crippen molar-refractivity contribution in [1.82, 2.24) is 5.32 Å². The molecule has 0 saturated carbocycles. The molecule has 2 aromatic carbocycles. The van der Waals surface area contributed by atoms with Crippen LogP contribution in [0.15, 0.2) is 42.5 Å². The number of nitrogens with one attached hydrogen (secondary N) is 2. The number of benzene rings is 2. The maximum absolute atomic E-state index is 12.0. The predicted octanol–water partition coefficient (Wildman–Crippen LogP) is 2.38. The fraction of sp³-hybridized carbons (Fsp3) is 0.176. The van der Waals surface area contributed by atoms with Crippen molar-refractivity contribution in [3.63, 3.8) is 0 Å². The van der Waals surface area contributed by atoms with E-state index in [-0.39, 0.29) is 18.2 Å². The Kier molecular flexibility index (Phi) is 4.78. The molecule has 0 spiro atoms. The van der Waals surface area contributed by atoms with Gasteiger partial charge in [0, 0.05) is 5.56 Å². The van der Waals surface area contributed by atoms with Crippen molar-refractivity contribution < 1.29 is 14.7 Å². The number of phenols is 1. The van der Waals surface area contributed by atoms with Crippen molar-refractivity contribution in [2.45, 2.75) is 13.8 Å². The summed E-state index contributed by atoms with van der Waals surface area (Å²) < 4.78 is 0. The molecule has 0 aromatic heterocycles. The van der Waals surface area contributed by atoms with E-state index in [4.69, 9.17) is 0 Å². The summed E-state index contributed by atoms with van der Waals surface area (Å²) >= 11 is 0. The van der Waals surface area contributed by atoms with Gasteiger partial charge in [-0.05, 0) is 43.2 Å². The van der Waals surface area contributed by atoms with Crippen LogP contribution >= 0.6 is 0 Å². The molecular formula is C17H18N2O3. The van der Waals surface area contributed by atoms with E-state index >= 15 is 0 Å². The number of phenolic OH excluding ortho intramolecular Hbond substituents is 1. The van der Waals surface area contributed by atoms with Crippen LogP contribution in [0.4, 0.5) is 5.69 Å². The SMILES string of the molecule is Cc1ccc(NC(=O)CNC(=O)c2ccccc2C)c(O)c1. The van der Waals surface area contributed by atoms with E-state index in [1.807, 2.05) is 26.0 Å². The topological polar surface area (TPSA) is 78.4 Å². The minimum atomic E-state index is -0.402. The van der Waals surface area contributed by atoms with Gasteiger partial charge in [-0.25, -0.2) is 0 Å². The number of carbonyl (C=O) groups excluding carboxylic acids is 2. The zero-order valence-corrected chi connectivity index (χ0v) is 12.5. The van der Waals surface area contributed by atoms with Crippen molar-refractivity contribution >= 4 is 17.5 Å². The van der Waals surface area contributed by atoms with Crippen LogP contribution in [0.2, 0.25) is 0 Å². The fourth-order valence-corrected chi connectivity index (χ4v) is 2.03. The summed E-state index contributed by atoms with van der Waals surface area (Å²) in [5.41, 5.74) is 2.59. The van der Waals surface area contributed by atoms with Crippen LogP contribution in [0, 0.1) is 13.8 Å². The van der Waals surface area contributed by atoms with E-state index in [1.165, 1.54) is 0 Å². The van der Waals surface area contributed by atoms with E-state index in [9.17, 15) is 14.7 Å². The minimum Gasteiger partial charge on any atom is -0.506 e. The largest absolute Gasteiger partial charge is 0.506 e. The predicted molar refractivity (Wildman–Crippen MR) is 85.0 cm³/mol. The maximum Gasteiger partial charge on any atom is 0.251 e. The summed E-state index contributed by atoms with van der Waals surface area (Å²) in [7, 11) is 0. The Bertz CT molecular complexity index is 711. The first-order valence-electron chi connectivity index (χ1n) is 6.90. The number of rotatable bonds is 4. The smallest absolute Gasteiger partial charge is 0.251 e. The molecule has 0 heterocycles. The molecule has 5 nitrogen and oxygen atoms in total. The van der Waals surface area contributed by atoms with E-state index in [0.717, 1.165) is 11.1 Å². The second-order valence-corrected chi connectivity index (χ2v) is 5.07. The Morgan fingerprint density at radius 1 is 1.09 bits per heavy atom. The van der Waals surface area contributed by atoms with Crippen LogP contribution in [0.25, 0.3) is 0 Å². The van der Waals surface area contributed by atoms with Crippen LogP contribution in [-0.2, 0) is 4.79 Å². The van der Waals surface area contributed by atoms with Crippen molar-refractivity contribution in [3.8, 4) is 5.75 Å². The third kappa shape index (κ3) is 3.85. The van der Waals surface area contributed by atoms with E-state index in [0.29, 0.717) is 11.3 Å². The number of aromatic hydroxyl groups is 1. The summed E-state index contributed by atoms with van der Waals surface area (Å²) in [6.07, 6.45) is 0. The lowest BCUT2D eigenvalue weighted by Gasteiger charge is -2.10. The Morgan fingerprint density at radius 3 is 2.50 bits per heavy atom. The molecule has 0 radical (unpaired) electrons.